The molecule has 4 aromatic carbocycles. The Balaban J connectivity index is 1.61. The first-order chi connectivity index (χ1) is 19.8. The summed E-state index contributed by atoms with van der Waals surface area (Å²) in [5, 5.41) is 2.22. The van der Waals surface area contributed by atoms with Crippen molar-refractivity contribution in [1.82, 2.24) is 19.1 Å². The maximum atomic E-state index is 5.15. The van der Waals surface area contributed by atoms with E-state index in [9.17, 15) is 0 Å². The minimum atomic E-state index is 0.606. The Bertz CT molecular complexity index is 1920. The van der Waals surface area contributed by atoms with E-state index in [1.54, 1.807) is 0 Å². The fraction of sp³-hybridized carbons (Fsp3) is 0. The lowest BCUT2D eigenvalue weighted by Crippen LogP contribution is -2.05. The highest BCUT2D eigenvalue weighted by molar-refractivity contribution is 6.05. The van der Waals surface area contributed by atoms with E-state index in [2.05, 4.69) is 106 Å². The van der Waals surface area contributed by atoms with Crippen LogP contribution in [0, 0.1) is 0 Å². The molecule has 0 aliphatic carbocycles. The molecule has 0 fully saturated rings. The molecule has 0 radical (unpaired) electrons. The summed E-state index contributed by atoms with van der Waals surface area (Å²) in [5.41, 5.74) is 7.04. The van der Waals surface area contributed by atoms with Crippen LogP contribution in [0.3, 0.4) is 0 Å². The van der Waals surface area contributed by atoms with Crippen LogP contribution < -0.4 is 0 Å². The number of hydrogen-bond acceptors (Lipinski definition) is 2. The Morgan fingerprint density at radius 2 is 0.900 bits per heavy atom. The van der Waals surface area contributed by atoms with Gasteiger partial charge in [0.25, 0.3) is 0 Å². The van der Waals surface area contributed by atoms with Crippen LogP contribution in [0.15, 0.2) is 158 Å². The van der Waals surface area contributed by atoms with Crippen molar-refractivity contribution in [2.75, 3.05) is 0 Å². The average molecular weight is 515 g/mol. The summed E-state index contributed by atoms with van der Waals surface area (Å²) in [6, 6.07) is 49.9. The van der Waals surface area contributed by atoms with Gasteiger partial charge in [-0.05, 0) is 30.3 Å². The number of nitrogens with zero attached hydrogens (tertiary/aromatic N) is 4. The Morgan fingerprint density at radius 3 is 1.55 bits per heavy atom. The number of aromatic nitrogens is 4. The van der Waals surface area contributed by atoms with Gasteiger partial charge < -0.3 is 4.57 Å². The minimum Gasteiger partial charge on any atom is -0.315 e. The van der Waals surface area contributed by atoms with Crippen molar-refractivity contribution in [3.8, 4) is 34.2 Å². The zero-order valence-corrected chi connectivity index (χ0v) is 21.8. The zero-order chi connectivity index (χ0) is 26.7. The highest BCUT2D eigenvalue weighted by Gasteiger charge is 2.14. The molecular formula is C36H26N4. The van der Waals surface area contributed by atoms with Crippen LogP contribution in [0.2, 0.25) is 0 Å². The van der Waals surface area contributed by atoms with Crippen molar-refractivity contribution in [2.45, 2.75) is 0 Å². The highest BCUT2D eigenvalue weighted by Crippen LogP contribution is 2.31. The van der Waals surface area contributed by atoms with Gasteiger partial charge in [0.05, 0.1) is 22.4 Å². The Kier molecular flexibility index (Phi) is 6.11. The van der Waals surface area contributed by atoms with E-state index in [1.807, 2.05) is 60.7 Å². The predicted octanol–water partition coefficient (Wildman–Crippen LogP) is 8.82. The maximum absolute atomic E-state index is 5.15. The van der Waals surface area contributed by atoms with Crippen LogP contribution in [0.5, 0.6) is 0 Å². The lowest BCUT2D eigenvalue weighted by molar-refractivity contribution is 0.960. The van der Waals surface area contributed by atoms with Gasteiger partial charge >= 0.3 is 0 Å². The molecule has 0 aliphatic heterocycles. The molecule has 40 heavy (non-hydrogen) atoms. The van der Waals surface area contributed by atoms with E-state index in [4.69, 9.17) is 9.97 Å². The third kappa shape index (κ3) is 4.42. The molecule has 0 bridgehead atoms. The number of hydrogen-bond donors (Lipinski definition) is 0. The van der Waals surface area contributed by atoms with E-state index in [-0.39, 0.29) is 0 Å². The van der Waals surface area contributed by atoms with Crippen LogP contribution in [-0.2, 0) is 0 Å². The van der Waals surface area contributed by atoms with Gasteiger partial charge in [0.1, 0.15) is 0 Å². The summed E-state index contributed by atoms with van der Waals surface area (Å²) < 4.78 is 4.36. The van der Waals surface area contributed by atoms with Crippen molar-refractivity contribution >= 4 is 21.8 Å². The Morgan fingerprint density at radius 1 is 0.400 bits per heavy atom. The fourth-order valence-electron chi connectivity index (χ4n) is 5.14. The summed E-state index contributed by atoms with van der Waals surface area (Å²) >= 11 is 0. The number of benzene rings is 4. The molecule has 0 saturated carbocycles. The Hall–Kier alpha value is -5.48. The molecule has 0 unspecified atom stereocenters. The third-order valence-corrected chi connectivity index (χ3v) is 7.05. The fourth-order valence-corrected chi connectivity index (χ4v) is 5.14. The van der Waals surface area contributed by atoms with E-state index >= 15 is 0 Å². The topological polar surface area (TPSA) is 35.6 Å². The summed E-state index contributed by atoms with van der Waals surface area (Å²) in [5.74, 6) is 0.606. The van der Waals surface area contributed by atoms with Gasteiger partial charge in [0, 0.05) is 40.0 Å². The lowest BCUT2D eigenvalue weighted by Gasteiger charge is -2.14. The highest BCUT2D eigenvalue weighted by atomic mass is 15.2. The van der Waals surface area contributed by atoms with Gasteiger partial charge in [0.15, 0.2) is 0 Å². The summed E-state index contributed by atoms with van der Waals surface area (Å²) in [6.45, 7) is 0. The molecule has 3 heterocycles. The molecule has 0 spiro atoms. The van der Waals surface area contributed by atoms with Crippen LogP contribution in [0.4, 0.5) is 0 Å². The van der Waals surface area contributed by atoms with Gasteiger partial charge in [0.2, 0.25) is 5.95 Å². The van der Waals surface area contributed by atoms with E-state index in [0.29, 0.717) is 5.95 Å². The Labute approximate surface area is 232 Å². The second-order valence-electron chi connectivity index (χ2n) is 9.59. The van der Waals surface area contributed by atoms with Crippen molar-refractivity contribution in [1.29, 1.82) is 0 Å². The van der Waals surface area contributed by atoms with E-state index < -0.39 is 0 Å². The van der Waals surface area contributed by atoms with Gasteiger partial charge in [-0.2, -0.15) is 0 Å². The van der Waals surface area contributed by atoms with Gasteiger partial charge in [-0.1, -0.05) is 115 Å². The van der Waals surface area contributed by atoms with Crippen LogP contribution in [-0.4, -0.2) is 19.1 Å². The molecule has 7 rings (SSSR count). The first-order valence-electron chi connectivity index (χ1n) is 13.4. The monoisotopic (exact) mass is 514 g/mol. The molecule has 7 aromatic rings. The van der Waals surface area contributed by atoms with Gasteiger partial charge in [-0.3, -0.25) is 4.57 Å². The summed E-state index contributed by atoms with van der Waals surface area (Å²) in [4.78, 5) is 10.3. The second kappa shape index (κ2) is 10.4. The standard InChI is InChI=1S/C36H26N4/c1-2-13-24-40(35-29(18-6-1)21-22-30-23-25-39(34(30)35)31-19-11-5-12-20-31)36-37-32(27-14-7-3-8-15-27)26-33(38-36)28-16-9-4-10-17-28/h1-26H. The first-order valence-corrected chi connectivity index (χ1v) is 13.4. The number of rotatable bonds is 4. The molecule has 3 aromatic heterocycles. The maximum Gasteiger partial charge on any atom is 0.235 e. The quantitative estimate of drug-likeness (QED) is 0.235. The van der Waals surface area contributed by atoms with Crippen molar-refractivity contribution < 1.29 is 0 Å². The number of para-hydroxylation sites is 1. The summed E-state index contributed by atoms with van der Waals surface area (Å²) in [7, 11) is 0. The summed E-state index contributed by atoms with van der Waals surface area (Å²) in [6.07, 6.45) is 4.19. The molecule has 0 atom stereocenters. The van der Waals surface area contributed by atoms with E-state index in [0.717, 1.165) is 50.0 Å². The molecule has 4 nitrogen and oxygen atoms in total. The normalized spacial score (nSPS) is 11.0. The van der Waals surface area contributed by atoms with Crippen molar-refractivity contribution in [3.63, 3.8) is 0 Å². The third-order valence-electron chi connectivity index (χ3n) is 7.05. The van der Waals surface area contributed by atoms with Gasteiger partial charge in [-0.15, -0.1) is 0 Å². The van der Waals surface area contributed by atoms with Crippen molar-refractivity contribution in [3.05, 3.63) is 158 Å². The van der Waals surface area contributed by atoms with Crippen LogP contribution in [0.1, 0.15) is 0 Å². The lowest BCUT2D eigenvalue weighted by atomic mass is 10.1. The predicted molar refractivity (Wildman–Crippen MR) is 164 cm³/mol. The number of fused-ring (bicyclic) bond motifs is 3. The van der Waals surface area contributed by atoms with Crippen molar-refractivity contribution in [2.24, 2.45) is 0 Å². The average Bonchev–Trinajstić information content (AvgIpc) is 3.49. The smallest absolute Gasteiger partial charge is 0.235 e. The molecule has 0 amide bonds. The minimum absolute atomic E-state index is 0.606. The molecule has 190 valence electrons. The van der Waals surface area contributed by atoms with Crippen LogP contribution >= 0.6 is 0 Å². The molecule has 0 N–H and O–H groups in total. The molecule has 4 heteroatoms. The largest absolute Gasteiger partial charge is 0.315 e. The molecule has 0 saturated heterocycles. The SMILES string of the molecule is c1ccc(-c2cc(-c3ccccc3)nc(-n3ccccccc4ccc5ccn(-c6ccccc6)c5c43)n2)cc1. The van der Waals surface area contributed by atoms with Crippen LogP contribution in [0.25, 0.3) is 56.0 Å². The zero-order valence-electron chi connectivity index (χ0n) is 21.8. The van der Waals surface area contributed by atoms with Gasteiger partial charge in [-0.25, -0.2) is 9.97 Å². The first kappa shape index (κ1) is 23.6. The molecular weight excluding hydrogens is 488 g/mol. The van der Waals surface area contributed by atoms with E-state index in [1.165, 1.54) is 0 Å². The molecule has 0 aliphatic rings. The second-order valence-corrected chi connectivity index (χ2v) is 9.59.